The van der Waals surface area contributed by atoms with Crippen LogP contribution in [0.15, 0.2) is 45.5 Å². The van der Waals surface area contributed by atoms with Gasteiger partial charge in [0, 0.05) is 24.2 Å². The van der Waals surface area contributed by atoms with E-state index in [1.807, 2.05) is 12.1 Å². The number of nitro benzene ring substituents is 1. The number of hydrogen-bond acceptors (Lipinski definition) is 4. The third kappa shape index (κ3) is 3.84. The fourth-order valence-corrected chi connectivity index (χ4v) is 2.44. The van der Waals surface area contributed by atoms with Crippen LogP contribution in [-0.2, 0) is 6.42 Å². The molecule has 0 aliphatic rings. The predicted octanol–water partition coefficient (Wildman–Crippen LogP) is 4.38. The Kier molecular flexibility index (Phi) is 4.79. The second-order valence-corrected chi connectivity index (χ2v) is 5.44. The summed E-state index contributed by atoms with van der Waals surface area (Å²) in [5.74, 6) is 0.962. The molecule has 2 rings (SSSR count). The van der Waals surface area contributed by atoms with Gasteiger partial charge in [-0.15, -0.1) is 0 Å². The fourth-order valence-electron chi connectivity index (χ4n) is 1.92. The molecule has 0 amide bonds. The van der Waals surface area contributed by atoms with Gasteiger partial charge < -0.3 is 9.73 Å². The van der Waals surface area contributed by atoms with Crippen molar-refractivity contribution in [1.29, 1.82) is 0 Å². The number of benzene rings is 1. The maximum Gasteiger partial charge on any atom is 0.283 e. The maximum absolute atomic E-state index is 10.7. The monoisotopic (exact) mass is 338 g/mol. The highest BCUT2D eigenvalue weighted by atomic mass is 79.9. The highest BCUT2D eigenvalue weighted by Gasteiger charge is 2.12. The van der Waals surface area contributed by atoms with Gasteiger partial charge in [0.05, 0.1) is 15.7 Å². The standard InChI is InChI=1S/C14H15BrN2O3/c1-10(4-6-12-3-2-8-20-12)16-11-5-7-14(17(18)19)13(15)9-11/h2-3,5,7-10,16H,4,6H2,1H3. The molecule has 1 aromatic carbocycles. The third-order valence-corrected chi connectivity index (χ3v) is 3.60. The fraction of sp³-hybridized carbons (Fsp3) is 0.286. The van der Waals surface area contributed by atoms with Crippen molar-refractivity contribution < 1.29 is 9.34 Å². The molecule has 1 heterocycles. The number of nitrogens with one attached hydrogen (secondary N) is 1. The van der Waals surface area contributed by atoms with Crippen molar-refractivity contribution in [1.82, 2.24) is 0 Å². The number of nitro groups is 1. The summed E-state index contributed by atoms with van der Waals surface area (Å²) < 4.78 is 5.76. The van der Waals surface area contributed by atoms with E-state index < -0.39 is 4.92 Å². The molecule has 0 radical (unpaired) electrons. The van der Waals surface area contributed by atoms with Crippen molar-refractivity contribution in [2.24, 2.45) is 0 Å². The van der Waals surface area contributed by atoms with Crippen LogP contribution in [0.2, 0.25) is 0 Å². The van der Waals surface area contributed by atoms with Gasteiger partial charge in [-0.05, 0) is 53.5 Å². The average molecular weight is 339 g/mol. The minimum Gasteiger partial charge on any atom is -0.469 e. The zero-order valence-electron chi connectivity index (χ0n) is 11.0. The highest BCUT2D eigenvalue weighted by molar-refractivity contribution is 9.10. The van der Waals surface area contributed by atoms with E-state index in [4.69, 9.17) is 4.42 Å². The van der Waals surface area contributed by atoms with Crippen LogP contribution >= 0.6 is 15.9 Å². The SMILES string of the molecule is CC(CCc1ccco1)Nc1ccc([N+](=O)[O-])c(Br)c1. The summed E-state index contributed by atoms with van der Waals surface area (Å²) in [6.07, 6.45) is 3.44. The lowest BCUT2D eigenvalue weighted by Gasteiger charge is -2.14. The van der Waals surface area contributed by atoms with Gasteiger partial charge in [-0.3, -0.25) is 10.1 Å². The second-order valence-electron chi connectivity index (χ2n) is 4.59. The van der Waals surface area contributed by atoms with Crippen LogP contribution in [-0.4, -0.2) is 11.0 Å². The molecule has 0 fully saturated rings. The summed E-state index contributed by atoms with van der Waals surface area (Å²) in [6, 6.07) is 9.00. The number of rotatable bonds is 6. The van der Waals surface area contributed by atoms with E-state index in [-0.39, 0.29) is 11.7 Å². The van der Waals surface area contributed by atoms with Gasteiger partial charge >= 0.3 is 0 Å². The first kappa shape index (κ1) is 14.6. The van der Waals surface area contributed by atoms with E-state index in [1.165, 1.54) is 6.07 Å². The van der Waals surface area contributed by atoms with Crippen LogP contribution < -0.4 is 5.32 Å². The zero-order valence-corrected chi connectivity index (χ0v) is 12.6. The van der Waals surface area contributed by atoms with Crippen LogP contribution in [0.4, 0.5) is 11.4 Å². The van der Waals surface area contributed by atoms with Crippen LogP contribution in [0.3, 0.4) is 0 Å². The van der Waals surface area contributed by atoms with Crippen LogP contribution in [0.5, 0.6) is 0 Å². The summed E-state index contributed by atoms with van der Waals surface area (Å²) in [4.78, 5) is 10.3. The quantitative estimate of drug-likeness (QED) is 0.626. The molecule has 106 valence electrons. The molecular formula is C14H15BrN2O3. The van der Waals surface area contributed by atoms with Gasteiger partial charge in [0.1, 0.15) is 5.76 Å². The van der Waals surface area contributed by atoms with E-state index in [2.05, 4.69) is 28.2 Å². The van der Waals surface area contributed by atoms with Gasteiger partial charge in [0.25, 0.3) is 5.69 Å². The molecule has 2 aromatic rings. The number of nitrogens with zero attached hydrogens (tertiary/aromatic N) is 1. The molecule has 20 heavy (non-hydrogen) atoms. The molecule has 0 spiro atoms. The topological polar surface area (TPSA) is 68.3 Å². The molecule has 5 nitrogen and oxygen atoms in total. The Morgan fingerprint density at radius 1 is 1.45 bits per heavy atom. The summed E-state index contributed by atoms with van der Waals surface area (Å²) in [6.45, 7) is 2.07. The van der Waals surface area contributed by atoms with E-state index in [0.717, 1.165) is 24.3 Å². The molecule has 0 saturated heterocycles. The molecular weight excluding hydrogens is 324 g/mol. The summed E-state index contributed by atoms with van der Waals surface area (Å²) in [5, 5.41) is 14.1. The average Bonchev–Trinajstić information content (AvgIpc) is 2.89. The van der Waals surface area contributed by atoms with E-state index >= 15 is 0 Å². The van der Waals surface area contributed by atoms with Crippen molar-refractivity contribution in [3.05, 3.63) is 56.9 Å². The first-order chi connectivity index (χ1) is 9.56. The van der Waals surface area contributed by atoms with Crippen molar-refractivity contribution in [2.75, 3.05) is 5.32 Å². The molecule has 1 aromatic heterocycles. The minimum absolute atomic E-state index is 0.0683. The lowest BCUT2D eigenvalue weighted by atomic mass is 10.1. The summed E-state index contributed by atoms with van der Waals surface area (Å²) in [5.41, 5.74) is 0.924. The molecule has 1 N–H and O–H groups in total. The number of hydrogen-bond donors (Lipinski definition) is 1. The third-order valence-electron chi connectivity index (χ3n) is 2.96. The lowest BCUT2D eigenvalue weighted by molar-refractivity contribution is -0.385. The molecule has 0 bridgehead atoms. The normalized spacial score (nSPS) is 12.1. The number of furan rings is 1. The van der Waals surface area contributed by atoms with Gasteiger partial charge in [-0.25, -0.2) is 0 Å². The van der Waals surface area contributed by atoms with Crippen molar-refractivity contribution in [3.8, 4) is 0 Å². The minimum atomic E-state index is -0.409. The summed E-state index contributed by atoms with van der Waals surface area (Å²) >= 11 is 3.21. The summed E-state index contributed by atoms with van der Waals surface area (Å²) in [7, 11) is 0. The Bertz CT molecular complexity index is 584. The van der Waals surface area contributed by atoms with Crippen molar-refractivity contribution in [2.45, 2.75) is 25.8 Å². The number of aryl methyl sites for hydroxylation is 1. The molecule has 1 atom stereocenters. The van der Waals surface area contributed by atoms with Crippen LogP contribution in [0.25, 0.3) is 0 Å². The largest absolute Gasteiger partial charge is 0.469 e. The van der Waals surface area contributed by atoms with E-state index in [1.54, 1.807) is 18.4 Å². The Morgan fingerprint density at radius 2 is 2.25 bits per heavy atom. The number of halogens is 1. The lowest BCUT2D eigenvalue weighted by Crippen LogP contribution is -2.15. The van der Waals surface area contributed by atoms with Gasteiger partial charge in [-0.1, -0.05) is 0 Å². The molecule has 0 aliphatic carbocycles. The first-order valence-electron chi connectivity index (χ1n) is 6.29. The molecule has 0 aliphatic heterocycles. The number of anilines is 1. The Balaban J connectivity index is 1.92. The predicted molar refractivity (Wildman–Crippen MR) is 80.9 cm³/mol. The Labute approximate surface area is 125 Å². The van der Waals surface area contributed by atoms with Gasteiger partial charge in [-0.2, -0.15) is 0 Å². The molecule has 0 saturated carbocycles. The molecule has 1 unspecified atom stereocenters. The molecule has 6 heteroatoms. The zero-order chi connectivity index (χ0) is 14.5. The van der Waals surface area contributed by atoms with E-state index in [0.29, 0.717) is 4.47 Å². The Morgan fingerprint density at radius 3 is 2.85 bits per heavy atom. The second kappa shape index (κ2) is 6.56. The van der Waals surface area contributed by atoms with Gasteiger partial charge in [0.2, 0.25) is 0 Å². The smallest absolute Gasteiger partial charge is 0.283 e. The van der Waals surface area contributed by atoms with Crippen molar-refractivity contribution in [3.63, 3.8) is 0 Å². The first-order valence-corrected chi connectivity index (χ1v) is 7.08. The van der Waals surface area contributed by atoms with Crippen LogP contribution in [0.1, 0.15) is 19.1 Å². The maximum atomic E-state index is 10.7. The highest BCUT2D eigenvalue weighted by Crippen LogP contribution is 2.28. The van der Waals surface area contributed by atoms with E-state index in [9.17, 15) is 10.1 Å². The Hall–Kier alpha value is -1.82. The van der Waals surface area contributed by atoms with Crippen LogP contribution in [0, 0.1) is 10.1 Å². The van der Waals surface area contributed by atoms with Crippen molar-refractivity contribution >= 4 is 27.3 Å². The van der Waals surface area contributed by atoms with Gasteiger partial charge in [0.15, 0.2) is 0 Å².